The number of aromatic nitrogens is 5. The second kappa shape index (κ2) is 10.0. The van der Waals surface area contributed by atoms with Crippen molar-refractivity contribution in [1.82, 2.24) is 24.5 Å². The molecule has 0 aliphatic heterocycles. The van der Waals surface area contributed by atoms with Crippen LogP contribution in [0.25, 0.3) is 21.3 Å². The number of primary amides is 1. The van der Waals surface area contributed by atoms with E-state index in [1.807, 2.05) is 6.92 Å². The zero-order valence-electron chi connectivity index (χ0n) is 19.9. The number of nitrogens with two attached hydrogens (primary N) is 1. The van der Waals surface area contributed by atoms with E-state index in [0.29, 0.717) is 23.4 Å². The highest BCUT2D eigenvalue weighted by Gasteiger charge is 2.29. The van der Waals surface area contributed by atoms with Gasteiger partial charge < -0.3 is 11.1 Å². The van der Waals surface area contributed by atoms with Gasteiger partial charge in [-0.2, -0.15) is 10.2 Å². The van der Waals surface area contributed by atoms with Gasteiger partial charge in [-0.25, -0.2) is 13.8 Å². The van der Waals surface area contributed by atoms with Gasteiger partial charge in [0.1, 0.15) is 33.8 Å². The number of carbonyl (C=O) groups excluding carboxylic acids is 2. The lowest BCUT2D eigenvalue weighted by Gasteiger charge is -2.16. The lowest BCUT2D eigenvalue weighted by molar-refractivity contribution is -0.385. The average molecular weight is 533 g/mol. The normalized spacial score (nSPS) is 12.3. The van der Waals surface area contributed by atoms with Crippen molar-refractivity contribution in [3.05, 3.63) is 51.0 Å². The fourth-order valence-corrected chi connectivity index (χ4v) is 4.98. The smallest absolute Gasteiger partial charge is 0.307 e. The summed E-state index contributed by atoms with van der Waals surface area (Å²) >= 11 is 0.783. The van der Waals surface area contributed by atoms with Crippen LogP contribution in [0.3, 0.4) is 0 Å². The van der Waals surface area contributed by atoms with E-state index < -0.39 is 34.9 Å². The Bertz CT molecular complexity index is 1530. The number of halogens is 2. The zero-order valence-corrected chi connectivity index (χ0v) is 20.8. The third-order valence-electron chi connectivity index (χ3n) is 5.75. The van der Waals surface area contributed by atoms with Gasteiger partial charge in [0.2, 0.25) is 5.91 Å². The molecular formula is C22H22F2N8O4S. The number of amides is 2. The monoisotopic (exact) mass is 532 g/mol. The van der Waals surface area contributed by atoms with E-state index in [0.717, 1.165) is 28.4 Å². The molecule has 194 valence electrons. The van der Waals surface area contributed by atoms with E-state index >= 15 is 0 Å². The molecule has 0 saturated heterocycles. The van der Waals surface area contributed by atoms with E-state index in [9.17, 15) is 28.5 Å². The molecule has 1 unspecified atom stereocenters. The van der Waals surface area contributed by atoms with E-state index in [4.69, 9.17) is 5.73 Å². The van der Waals surface area contributed by atoms with E-state index in [-0.39, 0.29) is 32.9 Å². The Hall–Kier alpha value is -4.27. The van der Waals surface area contributed by atoms with Gasteiger partial charge >= 0.3 is 5.69 Å². The van der Waals surface area contributed by atoms with Crippen LogP contribution in [0.2, 0.25) is 0 Å². The lowest BCUT2D eigenvalue weighted by Crippen LogP contribution is -2.27. The van der Waals surface area contributed by atoms with Crippen LogP contribution in [0.4, 0.5) is 20.2 Å². The molecule has 0 aliphatic carbocycles. The predicted molar refractivity (Wildman–Crippen MR) is 132 cm³/mol. The SMILES string of the molecule is CCC(C(=O)Nc1c(C(N)=O)sc2nc(C(F)F)cc(-c3cn(CC)nc3C)c12)n1cc([N+](=O)[O-])cn1. The summed E-state index contributed by atoms with van der Waals surface area (Å²) in [6.07, 6.45) is 1.15. The fourth-order valence-electron chi connectivity index (χ4n) is 3.97. The summed E-state index contributed by atoms with van der Waals surface area (Å²) in [4.78, 5) is 40.1. The van der Waals surface area contributed by atoms with Crippen molar-refractivity contribution < 1.29 is 23.3 Å². The molecule has 4 rings (SSSR count). The summed E-state index contributed by atoms with van der Waals surface area (Å²) < 4.78 is 30.3. The van der Waals surface area contributed by atoms with Crippen LogP contribution in [0.15, 0.2) is 24.7 Å². The van der Waals surface area contributed by atoms with Gasteiger partial charge in [0.15, 0.2) is 0 Å². The van der Waals surface area contributed by atoms with Crippen LogP contribution in [-0.2, 0) is 11.3 Å². The Morgan fingerprint density at radius 3 is 2.54 bits per heavy atom. The van der Waals surface area contributed by atoms with E-state index in [1.54, 1.807) is 24.7 Å². The van der Waals surface area contributed by atoms with Crippen molar-refractivity contribution in [2.24, 2.45) is 5.73 Å². The molecule has 4 aromatic heterocycles. The number of carbonyl (C=O) groups is 2. The highest BCUT2D eigenvalue weighted by Crippen LogP contribution is 2.43. The molecule has 4 aromatic rings. The topological polar surface area (TPSA) is 164 Å². The Kier molecular flexibility index (Phi) is 6.98. The van der Waals surface area contributed by atoms with Crippen molar-refractivity contribution in [3.63, 3.8) is 0 Å². The number of alkyl halides is 2. The van der Waals surface area contributed by atoms with Crippen molar-refractivity contribution >= 4 is 44.7 Å². The third-order valence-corrected chi connectivity index (χ3v) is 6.84. The van der Waals surface area contributed by atoms with Gasteiger partial charge in [-0.3, -0.25) is 29.1 Å². The number of hydrogen-bond donors (Lipinski definition) is 2. The van der Waals surface area contributed by atoms with E-state index in [1.165, 1.54) is 6.07 Å². The second-order valence-corrected chi connectivity index (χ2v) is 9.08. The lowest BCUT2D eigenvalue weighted by atomic mass is 10.0. The highest BCUT2D eigenvalue weighted by atomic mass is 32.1. The number of anilines is 1. The maximum atomic E-state index is 13.7. The molecule has 0 saturated carbocycles. The van der Waals surface area contributed by atoms with Crippen LogP contribution in [0, 0.1) is 17.0 Å². The number of nitrogens with one attached hydrogen (secondary N) is 1. The molecule has 0 aromatic carbocycles. The largest absolute Gasteiger partial charge is 0.365 e. The molecule has 0 aliphatic rings. The Labute approximate surface area is 212 Å². The summed E-state index contributed by atoms with van der Waals surface area (Å²) in [5.74, 6) is -1.51. The number of pyridine rings is 1. The summed E-state index contributed by atoms with van der Waals surface area (Å²) in [5, 5.41) is 22.3. The number of nitro groups is 1. The van der Waals surface area contributed by atoms with Crippen LogP contribution in [-0.4, -0.2) is 41.3 Å². The average Bonchev–Trinajstić information content (AvgIpc) is 3.56. The number of nitrogens with zero attached hydrogens (tertiary/aromatic N) is 6. The number of hydrogen-bond acceptors (Lipinski definition) is 8. The first-order valence-corrected chi connectivity index (χ1v) is 12.0. The fraction of sp³-hybridized carbons (Fsp3) is 0.318. The predicted octanol–water partition coefficient (Wildman–Crippen LogP) is 4.22. The number of rotatable bonds is 9. The minimum atomic E-state index is -2.89. The molecular weight excluding hydrogens is 510 g/mol. The minimum absolute atomic E-state index is 0.0181. The Morgan fingerprint density at radius 2 is 2.00 bits per heavy atom. The Balaban J connectivity index is 1.90. The minimum Gasteiger partial charge on any atom is -0.365 e. The zero-order chi connectivity index (χ0) is 27.0. The summed E-state index contributed by atoms with van der Waals surface area (Å²) in [7, 11) is 0. The van der Waals surface area contributed by atoms with E-state index in [2.05, 4.69) is 20.5 Å². The molecule has 0 fully saturated rings. The van der Waals surface area contributed by atoms with Gasteiger partial charge in [0.25, 0.3) is 12.3 Å². The molecule has 3 N–H and O–H groups in total. The molecule has 4 heterocycles. The first-order chi connectivity index (χ1) is 17.5. The summed E-state index contributed by atoms with van der Waals surface area (Å²) in [6, 6.07) is 0.240. The second-order valence-electron chi connectivity index (χ2n) is 8.08. The first-order valence-electron chi connectivity index (χ1n) is 11.1. The number of fused-ring (bicyclic) bond motifs is 1. The molecule has 15 heteroatoms. The van der Waals surface area contributed by atoms with Crippen molar-refractivity contribution in [2.45, 2.75) is 46.2 Å². The molecule has 0 bridgehead atoms. The van der Waals surface area contributed by atoms with Gasteiger partial charge in [-0.15, -0.1) is 11.3 Å². The van der Waals surface area contributed by atoms with Crippen LogP contribution in [0.5, 0.6) is 0 Å². The van der Waals surface area contributed by atoms with Gasteiger partial charge in [-0.1, -0.05) is 6.92 Å². The number of thiophene rings is 1. The van der Waals surface area contributed by atoms with Crippen molar-refractivity contribution in [3.8, 4) is 11.1 Å². The van der Waals surface area contributed by atoms with Crippen molar-refractivity contribution in [1.29, 1.82) is 0 Å². The maximum Gasteiger partial charge on any atom is 0.307 e. The maximum absolute atomic E-state index is 13.7. The van der Waals surface area contributed by atoms with Crippen LogP contribution in [0.1, 0.15) is 53.8 Å². The molecule has 0 spiro atoms. The molecule has 12 nitrogen and oxygen atoms in total. The Morgan fingerprint density at radius 1 is 1.27 bits per heavy atom. The third kappa shape index (κ3) is 4.76. The number of aryl methyl sites for hydroxylation is 2. The van der Waals surface area contributed by atoms with Crippen LogP contribution >= 0.6 is 11.3 Å². The summed E-state index contributed by atoms with van der Waals surface area (Å²) in [5.41, 5.74) is 6.19. The molecule has 1 atom stereocenters. The highest BCUT2D eigenvalue weighted by molar-refractivity contribution is 7.21. The van der Waals surface area contributed by atoms with Gasteiger partial charge in [-0.05, 0) is 31.9 Å². The van der Waals surface area contributed by atoms with Crippen LogP contribution < -0.4 is 11.1 Å². The first kappa shape index (κ1) is 25.8. The van der Waals surface area contributed by atoms with Crippen molar-refractivity contribution in [2.75, 3.05) is 5.32 Å². The molecule has 2 amide bonds. The van der Waals surface area contributed by atoms with Gasteiger partial charge in [0, 0.05) is 23.7 Å². The molecule has 37 heavy (non-hydrogen) atoms. The van der Waals surface area contributed by atoms with Gasteiger partial charge in [0.05, 0.1) is 16.3 Å². The standard InChI is InChI=1S/C22H22F2N8O4S/c1-4-15(31-8-11(7-26-31)32(35)36)21(34)28-17-16-12(13-9-30(5-2)29-10(13)3)6-14(19(23)24)27-22(16)37-18(17)20(25)33/h6-9,15,19H,4-5H2,1-3H3,(H2,25,33)(H,28,34). The molecule has 0 radical (unpaired) electrons. The quantitative estimate of drug-likeness (QED) is 0.241. The summed E-state index contributed by atoms with van der Waals surface area (Å²) in [6.45, 7) is 5.80.